The zero-order chi connectivity index (χ0) is 11.9. The van der Waals surface area contributed by atoms with Crippen LogP contribution in [0.15, 0.2) is 28.5 Å². The first-order valence-electron chi connectivity index (χ1n) is 4.92. The molecule has 2 rings (SSSR count). The van der Waals surface area contributed by atoms with E-state index in [4.69, 9.17) is 17.3 Å². The van der Waals surface area contributed by atoms with Gasteiger partial charge in [0.2, 0.25) is 9.84 Å². The molecule has 0 spiro atoms. The van der Waals surface area contributed by atoms with Gasteiger partial charge in [-0.15, -0.1) is 0 Å². The number of nitrogens with two attached hydrogens (primary N) is 1. The van der Waals surface area contributed by atoms with E-state index in [0.717, 1.165) is 5.57 Å². The zero-order valence-corrected chi connectivity index (χ0v) is 10.3. The number of rotatable bonds is 2. The normalized spacial score (nSPS) is 19.1. The topological polar surface area (TPSA) is 60.2 Å². The van der Waals surface area contributed by atoms with Gasteiger partial charge in [-0.25, -0.2) is 8.42 Å². The second-order valence-electron chi connectivity index (χ2n) is 3.90. The quantitative estimate of drug-likeness (QED) is 0.882. The summed E-state index contributed by atoms with van der Waals surface area (Å²) in [7, 11) is -3.30. The maximum Gasteiger partial charge on any atom is 0.200 e. The van der Waals surface area contributed by atoms with Crippen LogP contribution in [0, 0.1) is 5.92 Å². The Morgan fingerprint density at radius 3 is 2.75 bits per heavy atom. The van der Waals surface area contributed by atoms with E-state index in [0.29, 0.717) is 22.0 Å². The van der Waals surface area contributed by atoms with Crippen LogP contribution in [0.3, 0.4) is 0 Å². The molecule has 0 aromatic heterocycles. The molecule has 86 valence electrons. The lowest BCUT2D eigenvalue weighted by Gasteiger charge is -2.10. The van der Waals surface area contributed by atoms with Gasteiger partial charge in [0.15, 0.2) is 0 Å². The van der Waals surface area contributed by atoms with Gasteiger partial charge < -0.3 is 5.73 Å². The molecule has 0 saturated carbocycles. The number of halogens is 1. The van der Waals surface area contributed by atoms with Crippen LogP contribution in [-0.2, 0) is 9.84 Å². The first-order valence-corrected chi connectivity index (χ1v) is 6.85. The van der Waals surface area contributed by atoms with Gasteiger partial charge in [-0.05, 0) is 41.8 Å². The molecule has 1 aromatic rings. The van der Waals surface area contributed by atoms with E-state index < -0.39 is 9.84 Å². The van der Waals surface area contributed by atoms with E-state index in [9.17, 15) is 8.42 Å². The average Bonchev–Trinajstić information content (AvgIpc) is 2.49. The van der Waals surface area contributed by atoms with Crippen molar-refractivity contribution in [3.05, 3.63) is 34.2 Å². The van der Waals surface area contributed by atoms with E-state index in [1.54, 1.807) is 18.2 Å². The van der Waals surface area contributed by atoms with Gasteiger partial charge >= 0.3 is 0 Å². The van der Waals surface area contributed by atoms with E-state index in [1.807, 2.05) is 6.92 Å². The van der Waals surface area contributed by atoms with Crippen molar-refractivity contribution in [2.45, 2.75) is 11.8 Å². The highest BCUT2D eigenvalue weighted by molar-refractivity contribution is 7.95. The maximum atomic E-state index is 11.8. The summed E-state index contributed by atoms with van der Waals surface area (Å²) in [5.41, 5.74) is 7.00. The number of fused-ring (bicyclic) bond motifs is 1. The van der Waals surface area contributed by atoms with Crippen molar-refractivity contribution >= 4 is 27.0 Å². The van der Waals surface area contributed by atoms with Gasteiger partial charge in [-0.1, -0.05) is 18.5 Å². The summed E-state index contributed by atoms with van der Waals surface area (Å²) in [5, 5.41) is 1.83. The molecule has 0 bridgehead atoms. The molecule has 1 atom stereocenters. The zero-order valence-electron chi connectivity index (χ0n) is 8.77. The van der Waals surface area contributed by atoms with Crippen molar-refractivity contribution < 1.29 is 8.42 Å². The number of benzene rings is 1. The number of hydrogen-bond acceptors (Lipinski definition) is 3. The Bertz CT molecular complexity index is 563. The molecule has 1 heterocycles. The van der Waals surface area contributed by atoms with Crippen molar-refractivity contribution in [3.63, 3.8) is 0 Å². The van der Waals surface area contributed by atoms with Crippen LogP contribution in [-0.4, -0.2) is 15.0 Å². The van der Waals surface area contributed by atoms with Crippen molar-refractivity contribution in [2.24, 2.45) is 11.7 Å². The fraction of sp³-hybridized carbons (Fsp3) is 0.273. The minimum Gasteiger partial charge on any atom is -0.330 e. The van der Waals surface area contributed by atoms with E-state index >= 15 is 0 Å². The third-order valence-corrected chi connectivity index (χ3v) is 4.49. The monoisotopic (exact) mass is 257 g/mol. The first-order chi connectivity index (χ1) is 7.45. The standard InChI is InChI=1S/C11H12ClNO2S/c1-7(5-13)10-6-16(14,15)11-3-2-8(12)4-9(10)11/h2-4,6-7H,5,13H2,1H3. The largest absolute Gasteiger partial charge is 0.330 e. The summed E-state index contributed by atoms with van der Waals surface area (Å²) >= 11 is 5.88. The Morgan fingerprint density at radius 2 is 2.12 bits per heavy atom. The van der Waals surface area contributed by atoms with Crippen LogP contribution in [0.4, 0.5) is 0 Å². The van der Waals surface area contributed by atoms with Crippen LogP contribution in [0.2, 0.25) is 5.02 Å². The lowest BCUT2D eigenvalue weighted by atomic mass is 9.96. The summed E-state index contributed by atoms with van der Waals surface area (Å²) in [6.45, 7) is 2.31. The van der Waals surface area contributed by atoms with Crippen LogP contribution in [0.25, 0.3) is 5.57 Å². The van der Waals surface area contributed by atoms with E-state index in [-0.39, 0.29) is 5.92 Å². The predicted octanol–water partition coefficient (Wildman–Crippen LogP) is 2.06. The van der Waals surface area contributed by atoms with Crippen LogP contribution in [0.5, 0.6) is 0 Å². The highest BCUT2D eigenvalue weighted by Crippen LogP contribution is 2.38. The van der Waals surface area contributed by atoms with Crippen molar-refractivity contribution in [3.8, 4) is 0 Å². The van der Waals surface area contributed by atoms with E-state index in [1.165, 1.54) is 5.41 Å². The lowest BCUT2D eigenvalue weighted by Crippen LogP contribution is -2.11. The van der Waals surface area contributed by atoms with Crippen LogP contribution >= 0.6 is 11.6 Å². The molecule has 3 nitrogen and oxygen atoms in total. The van der Waals surface area contributed by atoms with Gasteiger partial charge in [-0.3, -0.25) is 0 Å². The van der Waals surface area contributed by atoms with Crippen molar-refractivity contribution in [2.75, 3.05) is 6.54 Å². The summed E-state index contributed by atoms with van der Waals surface area (Å²) in [6, 6.07) is 4.81. The third-order valence-electron chi connectivity index (χ3n) is 2.73. The summed E-state index contributed by atoms with van der Waals surface area (Å²) in [4.78, 5) is 0.326. The van der Waals surface area contributed by atoms with Crippen molar-refractivity contribution in [1.29, 1.82) is 0 Å². The molecular formula is C11H12ClNO2S. The molecular weight excluding hydrogens is 246 g/mol. The second-order valence-corrected chi connectivity index (χ2v) is 6.10. The van der Waals surface area contributed by atoms with Crippen molar-refractivity contribution in [1.82, 2.24) is 0 Å². The fourth-order valence-corrected chi connectivity index (χ4v) is 3.51. The van der Waals surface area contributed by atoms with Gasteiger partial charge in [-0.2, -0.15) is 0 Å². The minimum atomic E-state index is -3.30. The van der Waals surface area contributed by atoms with Gasteiger partial charge in [0.25, 0.3) is 0 Å². The molecule has 0 radical (unpaired) electrons. The fourth-order valence-electron chi connectivity index (χ4n) is 1.78. The van der Waals surface area contributed by atoms with E-state index in [2.05, 4.69) is 0 Å². The number of hydrogen-bond donors (Lipinski definition) is 1. The molecule has 1 aromatic carbocycles. The lowest BCUT2D eigenvalue weighted by molar-refractivity contribution is 0.605. The van der Waals surface area contributed by atoms with Crippen LogP contribution in [0.1, 0.15) is 12.5 Å². The summed E-state index contributed by atoms with van der Waals surface area (Å²) < 4.78 is 23.7. The second kappa shape index (κ2) is 3.87. The third kappa shape index (κ3) is 1.77. The highest BCUT2D eigenvalue weighted by atomic mass is 35.5. The maximum absolute atomic E-state index is 11.8. The molecule has 16 heavy (non-hydrogen) atoms. The molecule has 0 saturated heterocycles. The Morgan fingerprint density at radius 1 is 1.44 bits per heavy atom. The summed E-state index contributed by atoms with van der Waals surface area (Å²) in [5.74, 6) is 0.00879. The van der Waals surface area contributed by atoms with Gasteiger partial charge in [0.1, 0.15) is 0 Å². The summed E-state index contributed by atoms with van der Waals surface area (Å²) in [6.07, 6.45) is 0. The molecule has 0 fully saturated rings. The Kier molecular flexibility index (Phi) is 2.82. The molecule has 0 aliphatic carbocycles. The van der Waals surface area contributed by atoms with Crippen LogP contribution < -0.4 is 5.73 Å². The average molecular weight is 258 g/mol. The van der Waals surface area contributed by atoms with Gasteiger partial charge in [0.05, 0.1) is 4.90 Å². The highest BCUT2D eigenvalue weighted by Gasteiger charge is 2.29. The predicted molar refractivity (Wildman–Crippen MR) is 64.8 cm³/mol. The SMILES string of the molecule is CC(CN)C1=CS(=O)(=O)c2ccc(Cl)cc21. The molecule has 2 N–H and O–H groups in total. The van der Waals surface area contributed by atoms with Gasteiger partial charge in [0, 0.05) is 10.4 Å². The molecule has 5 heteroatoms. The molecule has 1 aliphatic rings. The smallest absolute Gasteiger partial charge is 0.200 e. The Balaban J connectivity index is 2.66. The molecule has 1 aliphatic heterocycles. The molecule has 0 amide bonds. The Labute approximate surface area is 99.8 Å². The number of sulfone groups is 1. The Hall–Kier alpha value is -0.840. The minimum absolute atomic E-state index is 0.00879. The molecule has 1 unspecified atom stereocenters. The first kappa shape index (κ1) is 11.6.